The summed E-state index contributed by atoms with van der Waals surface area (Å²) < 4.78 is 0. The highest BCUT2D eigenvalue weighted by Gasteiger charge is 2.16. The van der Waals surface area contributed by atoms with Crippen LogP contribution in [0.5, 0.6) is 5.75 Å². The Morgan fingerprint density at radius 2 is 2.00 bits per heavy atom. The number of urea groups is 1. The zero-order chi connectivity index (χ0) is 14.4. The maximum absolute atomic E-state index is 11.9. The van der Waals surface area contributed by atoms with Gasteiger partial charge in [-0.15, -0.1) is 0 Å². The number of aromatic carboxylic acids is 1. The number of benzene rings is 1. The zero-order valence-corrected chi connectivity index (χ0v) is 11.0. The average Bonchev–Trinajstić information content (AvgIpc) is 2.37. The Morgan fingerprint density at radius 3 is 2.53 bits per heavy atom. The molecular weight excluding hydrogens is 248 g/mol. The van der Waals surface area contributed by atoms with Gasteiger partial charge >= 0.3 is 12.0 Å². The molecule has 0 atom stereocenters. The smallest absolute Gasteiger partial charge is 0.339 e. The van der Waals surface area contributed by atoms with Crippen LogP contribution in [-0.4, -0.2) is 40.2 Å². The van der Waals surface area contributed by atoms with E-state index in [2.05, 4.69) is 5.32 Å². The molecule has 1 aromatic carbocycles. The number of carbonyl (C=O) groups is 2. The van der Waals surface area contributed by atoms with Gasteiger partial charge in [0, 0.05) is 13.1 Å². The van der Waals surface area contributed by atoms with Crippen molar-refractivity contribution in [1.82, 2.24) is 4.90 Å². The summed E-state index contributed by atoms with van der Waals surface area (Å²) in [6, 6.07) is 3.84. The highest BCUT2D eigenvalue weighted by Crippen LogP contribution is 2.27. The van der Waals surface area contributed by atoms with Gasteiger partial charge in [-0.1, -0.05) is 13.0 Å². The molecule has 0 aromatic heterocycles. The lowest BCUT2D eigenvalue weighted by molar-refractivity contribution is 0.0693. The summed E-state index contributed by atoms with van der Waals surface area (Å²) in [5.74, 6) is -1.68. The number of hydrogen-bond acceptors (Lipinski definition) is 3. The fraction of sp³-hybridized carbons (Fsp3) is 0.385. The third kappa shape index (κ3) is 3.61. The first kappa shape index (κ1) is 14.8. The Balaban J connectivity index is 2.90. The number of nitrogens with zero attached hydrogens (tertiary/aromatic N) is 1. The highest BCUT2D eigenvalue weighted by atomic mass is 16.4. The summed E-state index contributed by atoms with van der Waals surface area (Å²) in [5, 5.41) is 21.2. The molecule has 1 rings (SSSR count). The van der Waals surface area contributed by atoms with Gasteiger partial charge in [-0.2, -0.15) is 0 Å². The number of hydrogen-bond donors (Lipinski definition) is 3. The molecule has 0 heterocycles. The van der Waals surface area contributed by atoms with Crippen LogP contribution in [0.3, 0.4) is 0 Å². The van der Waals surface area contributed by atoms with Crippen molar-refractivity contribution >= 4 is 17.7 Å². The minimum Gasteiger partial charge on any atom is -0.505 e. The van der Waals surface area contributed by atoms with Gasteiger partial charge < -0.3 is 20.4 Å². The van der Waals surface area contributed by atoms with Crippen LogP contribution in [-0.2, 0) is 0 Å². The van der Waals surface area contributed by atoms with E-state index >= 15 is 0 Å². The molecule has 0 spiro atoms. The van der Waals surface area contributed by atoms with E-state index in [-0.39, 0.29) is 17.3 Å². The number of para-hydroxylation sites is 1. The van der Waals surface area contributed by atoms with E-state index in [9.17, 15) is 14.7 Å². The van der Waals surface area contributed by atoms with Crippen LogP contribution in [0.2, 0.25) is 0 Å². The number of phenols is 1. The molecular formula is C13H18N2O4. The second-order valence-electron chi connectivity index (χ2n) is 4.02. The first-order chi connectivity index (χ1) is 9.01. The number of carbonyl (C=O) groups excluding carboxylic acids is 1. The van der Waals surface area contributed by atoms with Gasteiger partial charge in [0.15, 0.2) is 5.75 Å². The Kier molecular flexibility index (Phi) is 5.17. The van der Waals surface area contributed by atoms with E-state index in [1.54, 1.807) is 4.90 Å². The van der Waals surface area contributed by atoms with Crippen molar-refractivity contribution in [2.45, 2.75) is 20.3 Å². The van der Waals surface area contributed by atoms with Gasteiger partial charge in [0.1, 0.15) is 5.56 Å². The number of carboxylic acid groups (broad SMARTS) is 1. The molecule has 0 aliphatic rings. The summed E-state index contributed by atoms with van der Waals surface area (Å²) in [6.07, 6.45) is 0.822. The lowest BCUT2D eigenvalue weighted by Gasteiger charge is -2.21. The average molecular weight is 266 g/mol. The molecule has 0 bridgehead atoms. The standard InChI is InChI=1S/C13H18N2O4/c1-3-8-15(4-2)13(19)14-10-7-5-6-9(11(10)16)12(17)18/h5-7,16H,3-4,8H2,1-2H3,(H,14,19)(H,17,18). The quantitative estimate of drug-likeness (QED) is 0.713. The number of anilines is 1. The number of aromatic hydroxyl groups is 1. The third-order valence-electron chi connectivity index (χ3n) is 2.67. The topological polar surface area (TPSA) is 89.9 Å². The Hall–Kier alpha value is -2.24. The van der Waals surface area contributed by atoms with Crippen molar-refractivity contribution in [2.24, 2.45) is 0 Å². The summed E-state index contributed by atoms with van der Waals surface area (Å²) in [6.45, 7) is 4.95. The van der Waals surface area contributed by atoms with E-state index in [1.807, 2.05) is 13.8 Å². The van der Waals surface area contributed by atoms with Crippen LogP contribution in [0.4, 0.5) is 10.5 Å². The molecule has 104 valence electrons. The molecule has 0 fully saturated rings. The first-order valence-corrected chi connectivity index (χ1v) is 6.12. The zero-order valence-electron chi connectivity index (χ0n) is 11.0. The van der Waals surface area contributed by atoms with Gasteiger partial charge in [-0.3, -0.25) is 0 Å². The van der Waals surface area contributed by atoms with Crippen molar-refractivity contribution in [1.29, 1.82) is 0 Å². The van der Waals surface area contributed by atoms with E-state index in [0.717, 1.165) is 6.42 Å². The summed E-state index contributed by atoms with van der Waals surface area (Å²) in [7, 11) is 0. The fourth-order valence-electron chi connectivity index (χ4n) is 1.68. The summed E-state index contributed by atoms with van der Waals surface area (Å²) >= 11 is 0. The monoisotopic (exact) mass is 266 g/mol. The molecule has 0 unspecified atom stereocenters. The van der Waals surface area contributed by atoms with Crippen LogP contribution in [0.25, 0.3) is 0 Å². The summed E-state index contributed by atoms with van der Waals surface area (Å²) in [5.41, 5.74) is -0.143. The number of nitrogens with one attached hydrogen (secondary N) is 1. The second-order valence-corrected chi connectivity index (χ2v) is 4.02. The van der Waals surface area contributed by atoms with Gasteiger partial charge in [-0.05, 0) is 25.5 Å². The predicted molar refractivity (Wildman–Crippen MR) is 71.6 cm³/mol. The molecule has 6 heteroatoms. The lowest BCUT2D eigenvalue weighted by Crippen LogP contribution is -2.35. The molecule has 0 aliphatic heterocycles. The minimum atomic E-state index is -1.24. The fourth-order valence-corrected chi connectivity index (χ4v) is 1.68. The van der Waals surface area contributed by atoms with Gasteiger partial charge in [0.2, 0.25) is 0 Å². The molecule has 6 nitrogen and oxygen atoms in total. The van der Waals surface area contributed by atoms with E-state index in [1.165, 1.54) is 18.2 Å². The predicted octanol–water partition coefficient (Wildman–Crippen LogP) is 2.35. The highest BCUT2D eigenvalue weighted by molar-refractivity contribution is 5.97. The molecule has 0 saturated heterocycles. The van der Waals surface area contributed by atoms with Crippen molar-refractivity contribution in [3.8, 4) is 5.75 Å². The molecule has 1 aromatic rings. The van der Waals surface area contributed by atoms with E-state index < -0.39 is 11.7 Å². The van der Waals surface area contributed by atoms with Gasteiger partial charge in [0.05, 0.1) is 5.69 Å². The number of amides is 2. The summed E-state index contributed by atoms with van der Waals surface area (Å²) in [4.78, 5) is 24.4. The van der Waals surface area contributed by atoms with Crippen LogP contribution < -0.4 is 5.32 Å². The van der Waals surface area contributed by atoms with Gasteiger partial charge in [0.25, 0.3) is 0 Å². The maximum Gasteiger partial charge on any atom is 0.339 e. The Morgan fingerprint density at radius 1 is 1.32 bits per heavy atom. The van der Waals surface area contributed by atoms with Crippen molar-refractivity contribution in [3.63, 3.8) is 0 Å². The van der Waals surface area contributed by atoms with Crippen LogP contribution in [0.15, 0.2) is 18.2 Å². The normalized spacial score (nSPS) is 10.0. The molecule has 3 N–H and O–H groups in total. The van der Waals surface area contributed by atoms with E-state index in [4.69, 9.17) is 5.11 Å². The van der Waals surface area contributed by atoms with E-state index in [0.29, 0.717) is 13.1 Å². The van der Waals surface area contributed by atoms with Gasteiger partial charge in [-0.25, -0.2) is 9.59 Å². The maximum atomic E-state index is 11.9. The van der Waals surface area contributed by atoms with Crippen molar-refractivity contribution < 1.29 is 19.8 Å². The van der Waals surface area contributed by atoms with Crippen LogP contribution in [0, 0.1) is 0 Å². The molecule has 0 saturated carbocycles. The number of rotatable bonds is 5. The SMILES string of the molecule is CCCN(CC)C(=O)Nc1cccc(C(=O)O)c1O. The third-order valence-corrected chi connectivity index (χ3v) is 2.67. The largest absolute Gasteiger partial charge is 0.505 e. The second kappa shape index (κ2) is 6.63. The lowest BCUT2D eigenvalue weighted by atomic mass is 10.1. The van der Waals surface area contributed by atoms with Crippen LogP contribution >= 0.6 is 0 Å². The Bertz CT molecular complexity index is 474. The Labute approximate surface area is 111 Å². The van der Waals surface area contributed by atoms with Crippen molar-refractivity contribution in [3.05, 3.63) is 23.8 Å². The number of carboxylic acids is 1. The van der Waals surface area contributed by atoms with Crippen molar-refractivity contribution in [2.75, 3.05) is 18.4 Å². The first-order valence-electron chi connectivity index (χ1n) is 6.12. The molecule has 0 aliphatic carbocycles. The minimum absolute atomic E-state index is 0.0967. The molecule has 2 amide bonds. The van der Waals surface area contributed by atoms with Crippen LogP contribution in [0.1, 0.15) is 30.6 Å². The molecule has 19 heavy (non-hydrogen) atoms. The molecule has 0 radical (unpaired) electrons.